The largest absolute Gasteiger partial charge is 0.477 e. The Bertz CT molecular complexity index is 463. The molecule has 0 aliphatic heterocycles. The summed E-state index contributed by atoms with van der Waals surface area (Å²) in [6.45, 7) is 0. The Morgan fingerprint density at radius 1 is 1.47 bits per heavy atom. The molecule has 1 aromatic carbocycles. The normalized spacial score (nSPS) is 10.1. The highest BCUT2D eigenvalue weighted by atomic mass is 127. The number of nitrogens with zero attached hydrogens (tertiary/aromatic N) is 1. The van der Waals surface area contributed by atoms with E-state index in [-0.39, 0.29) is 3.57 Å². The highest BCUT2D eigenvalue weighted by Crippen LogP contribution is 2.27. The number of hydrogen-bond donors (Lipinski definition) is 1. The Kier molecular flexibility index (Phi) is 3.17. The van der Waals surface area contributed by atoms with Gasteiger partial charge in [0, 0.05) is 6.07 Å². The van der Waals surface area contributed by atoms with Gasteiger partial charge in [0.25, 0.3) is 0 Å². The zero-order valence-corrected chi connectivity index (χ0v) is 8.99. The SMILES string of the molecule is O=C(O)c1c(F)c(I)cc([N+](=O)[O-])c1F. The predicted molar refractivity (Wildman–Crippen MR) is 52.7 cm³/mol. The molecule has 1 aromatic rings. The van der Waals surface area contributed by atoms with Crippen molar-refractivity contribution in [3.63, 3.8) is 0 Å². The Morgan fingerprint density at radius 3 is 2.40 bits per heavy atom. The Balaban J connectivity index is 3.63. The fourth-order valence-electron chi connectivity index (χ4n) is 0.911. The zero-order valence-electron chi connectivity index (χ0n) is 6.83. The number of nitro groups is 1. The lowest BCUT2D eigenvalue weighted by Crippen LogP contribution is -2.09. The highest BCUT2D eigenvalue weighted by Gasteiger charge is 2.28. The van der Waals surface area contributed by atoms with Crippen LogP contribution in [0.3, 0.4) is 0 Å². The first-order valence-corrected chi connectivity index (χ1v) is 4.49. The molecular formula is C7H2F2INO4. The Morgan fingerprint density at radius 2 is 2.00 bits per heavy atom. The van der Waals surface area contributed by atoms with Crippen molar-refractivity contribution in [2.45, 2.75) is 0 Å². The molecule has 15 heavy (non-hydrogen) atoms. The number of nitro benzene ring substituents is 1. The van der Waals surface area contributed by atoms with Gasteiger partial charge in [0.15, 0.2) is 5.82 Å². The second kappa shape index (κ2) is 4.04. The molecule has 0 aromatic heterocycles. The third kappa shape index (κ3) is 2.03. The highest BCUT2D eigenvalue weighted by molar-refractivity contribution is 14.1. The molecule has 0 saturated heterocycles. The van der Waals surface area contributed by atoms with Crippen molar-refractivity contribution in [3.8, 4) is 0 Å². The van der Waals surface area contributed by atoms with Gasteiger partial charge in [0.2, 0.25) is 5.82 Å². The van der Waals surface area contributed by atoms with E-state index in [0.717, 1.165) is 0 Å². The van der Waals surface area contributed by atoms with Crippen LogP contribution in [0.4, 0.5) is 14.5 Å². The molecule has 80 valence electrons. The molecule has 0 bridgehead atoms. The molecule has 0 unspecified atom stereocenters. The minimum absolute atomic E-state index is 0.321. The van der Waals surface area contributed by atoms with Gasteiger partial charge in [-0.15, -0.1) is 0 Å². The summed E-state index contributed by atoms with van der Waals surface area (Å²) in [4.78, 5) is 19.7. The van der Waals surface area contributed by atoms with E-state index >= 15 is 0 Å². The molecular weight excluding hydrogens is 327 g/mol. The Hall–Kier alpha value is -1.32. The maximum absolute atomic E-state index is 13.1. The van der Waals surface area contributed by atoms with Crippen LogP contribution in [0.1, 0.15) is 10.4 Å². The van der Waals surface area contributed by atoms with Gasteiger partial charge in [-0.3, -0.25) is 10.1 Å². The van der Waals surface area contributed by atoms with Gasteiger partial charge < -0.3 is 5.11 Å². The molecule has 0 heterocycles. The monoisotopic (exact) mass is 329 g/mol. The lowest BCUT2D eigenvalue weighted by atomic mass is 10.1. The van der Waals surface area contributed by atoms with Crippen LogP contribution in [0.15, 0.2) is 6.07 Å². The number of hydrogen-bond acceptors (Lipinski definition) is 3. The van der Waals surface area contributed by atoms with Crippen molar-refractivity contribution in [2.75, 3.05) is 0 Å². The second-order valence-electron chi connectivity index (χ2n) is 2.44. The van der Waals surface area contributed by atoms with Crippen LogP contribution in [0.5, 0.6) is 0 Å². The van der Waals surface area contributed by atoms with Crippen LogP contribution < -0.4 is 0 Å². The fourth-order valence-corrected chi connectivity index (χ4v) is 1.48. The average molecular weight is 329 g/mol. The second-order valence-corrected chi connectivity index (χ2v) is 3.60. The van der Waals surface area contributed by atoms with Gasteiger partial charge in [0.05, 0.1) is 8.49 Å². The topological polar surface area (TPSA) is 80.4 Å². The van der Waals surface area contributed by atoms with E-state index in [4.69, 9.17) is 5.11 Å². The molecule has 5 nitrogen and oxygen atoms in total. The van der Waals surface area contributed by atoms with Crippen molar-refractivity contribution < 1.29 is 23.6 Å². The summed E-state index contributed by atoms with van der Waals surface area (Å²) in [7, 11) is 0. The van der Waals surface area contributed by atoms with Crippen molar-refractivity contribution in [3.05, 3.63) is 36.9 Å². The summed E-state index contributed by atoms with van der Waals surface area (Å²) < 4.78 is 25.9. The molecule has 0 aliphatic carbocycles. The third-order valence-corrected chi connectivity index (χ3v) is 2.33. The predicted octanol–water partition coefficient (Wildman–Crippen LogP) is 2.18. The summed E-state index contributed by atoms with van der Waals surface area (Å²) >= 11 is 1.35. The number of carbonyl (C=O) groups is 1. The van der Waals surface area contributed by atoms with E-state index in [0.29, 0.717) is 6.07 Å². The first-order valence-electron chi connectivity index (χ1n) is 3.41. The number of carboxylic acids is 1. The van der Waals surface area contributed by atoms with E-state index in [1.807, 2.05) is 0 Å². The first-order chi connectivity index (χ1) is 6.86. The van der Waals surface area contributed by atoms with Crippen molar-refractivity contribution in [1.82, 2.24) is 0 Å². The first kappa shape index (κ1) is 11.8. The molecule has 0 spiro atoms. The van der Waals surface area contributed by atoms with Crippen LogP contribution in [0.25, 0.3) is 0 Å². The van der Waals surface area contributed by atoms with E-state index < -0.39 is 33.8 Å². The van der Waals surface area contributed by atoms with Crippen LogP contribution in [-0.4, -0.2) is 16.0 Å². The number of aromatic carboxylic acids is 1. The molecule has 0 amide bonds. The maximum Gasteiger partial charge on any atom is 0.342 e. The van der Waals surface area contributed by atoms with Crippen molar-refractivity contribution >= 4 is 34.2 Å². The summed E-state index contributed by atoms with van der Waals surface area (Å²) in [5.74, 6) is -4.87. The maximum atomic E-state index is 13.1. The van der Waals surface area contributed by atoms with E-state index in [9.17, 15) is 23.7 Å². The lowest BCUT2D eigenvalue weighted by molar-refractivity contribution is -0.387. The van der Waals surface area contributed by atoms with Gasteiger partial charge >= 0.3 is 11.7 Å². The van der Waals surface area contributed by atoms with Gasteiger partial charge in [-0.2, -0.15) is 4.39 Å². The quantitative estimate of drug-likeness (QED) is 0.390. The average Bonchev–Trinajstić information content (AvgIpc) is 2.10. The summed E-state index contributed by atoms with van der Waals surface area (Å²) in [6.07, 6.45) is 0. The molecule has 1 rings (SSSR count). The molecule has 1 N–H and O–H groups in total. The summed E-state index contributed by atoms with van der Waals surface area (Å²) in [6, 6.07) is 0.637. The number of halogens is 3. The molecule has 0 aliphatic rings. The molecule has 0 atom stereocenters. The van der Waals surface area contributed by atoms with Crippen LogP contribution in [0, 0.1) is 25.3 Å². The number of benzene rings is 1. The van der Waals surface area contributed by atoms with Crippen molar-refractivity contribution in [1.29, 1.82) is 0 Å². The van der Waals surface area contributed by atoms with Gasteiger partial charge in [-0.25, -0.2) is 9.18 Å². The zero-order chi connectivity index (χ0) is 11.7. The lowest BCUT2D eigenvalue weighted by Gasteiger charge is -2.02. The van der Waals surface area contributed by atoms with Gasteiger partial charge in [0.1, 0.15) is 5.56 Å². The smallest absolute Gasteiger partial charge is 0.342 e. The van der Waals surface area contributed by atoms with Crippen molar-refractivity contribution in [2.24, 2.45) is 0 Å². The summed E-state index contributed by atoms with van der Waals surface area (Å²) in [5, 5.41) is 18.8. The minimum Gasteiger partial charge on any atom is -0.477 e. The van der Waals surface area contributed by atoms with Crippen LogP contribution >= 0.6 is 22.6 Å². The molecule has 0 fully saturated rings. The minimum atomic E-state index is -1.88. The van der Waals surface area contributed by atoms with Crippen LogP contribution in [0.2, 0.25) is 0 Å². The number of carboxylic acid groups (broad SMARTS) is 1. The van der Waals surface area contributed by atoms with E-state index in [1.165, 1.54) is 22.6 Å². The number of rotatable bonds is 2. The third-order valence-electron chi connectivity index (χ3n) is 1.55. The van der Waals surface area contributed by atoms with Gasteiger partial charge in [-0.1, -0.05) is 0 Å². The van der Waals surface area contributed by atoms with Gasteiger partial charge in [-0.05, 0) is 22.6 Å². The molecule has 0 saturated carbocycles. The molecule has 0 radical (unpaired) electrons. The molecule has 8 heteroatoms. The fraction of sp³-hybridized carbons (Fsp3) is 0. The standard InChI is InChI=1S/C7H2F2INO4/c8-5-2(10)1-3(11(14)15)6(9)4(5)7(12)13/h1H,(H,12,13). The summed E-state index contributed by atoms with van der Waals surface area (Å²) in [5.41, 5.74) is -2.37. The van der Waals surface area contributed by atoms with E-state index in [1.54, 1.807) is 0 Å². The van der Waals surface area contributed by atoms with Crippen LogP contribution in [-0.2, 0) is 0 Å². The Labute approximate surface area is 95.0 Å². The van der Waals surface area contributed by atoms with E-state index in [2.05, 4.69) is 0 Å².